The first-order chi connectivity index (χ1) is 8.90. The third kappa shape index (κ3) is 2.25. The van der Waals surface area contributed by atoms with Gasteiger partial charge in [-0.2, -0.15) is 0 Å². The van der Waals surface area contributed by atoms with Gasteiger partial charge >= 0.3 is 6.09 Å². The van der Waals surface area contributed by atoms with E-state index in [-0.39, 0.29) is 11.6 Å². The van der Waals surface area contributed by atoms with Crippen molar-refractivity contribution in [3.8, 4) is 0 Å². The molecule has 5 heteroatoms. The first kappa shape index (κ1) is 12.9. The molecule has 1 fully saturated rings. The Balaban J connectivity index is 1.69. The molecule has 1 N–H and O–H groups in total. The van der Waals surface area contributed by atoms with Crippen molar-refractivity contribution in [1.29, 1.82) is 0 Å². The number of ether oxygens (including phenoxy) is 1. The van der Waals surface area contributed by atoms with E-state index >= 15 is 0 Å². The third-order valence-corrected chi connectivity index (χ3v) is 4.77. The Bertz CT molecular complexity index is 498. The Morgan fingerprint density at radius 1 is 1.47 bits per heavy atom. The first-order valence-corrected chi connectivity index (χ1v) is 7.57. The summed E-state index contributed by atoms with van der Waals surface area (Å²) in [5.74, 6) is 0. The molecular weight excluding hydrogens is 260 g/mol. The van der Waals surface area contributed by atoms with E-state index in [4.69, 9.17) is 4.74 Å². The second-order valence-corrected chi connectivity index (χ2v) is 7.29. The Morgan fingerprint density at radius 3 is 2.89 bits per heavy atom. The maximum Gasteiger partial charge on any atom is 0.410 e. The molecule has 1 aromatic rings. The van der Waals surface area contributed by atoms with Gasteiger partial charge in [0.2, 0.25) is 0 Å². The molecule has 19 heavy (non-hydrogen) atoms. The van der Waals surface area contributed by atoms with Gasteiger partial charge < -0.3 is 15.0 Å². The Hall–Kier alpha value is -1.07. The number of carbonyl (C=O) groups excluding carboxylic acids is 1. The van der Waals surface area contributed by atoms with Gasteiger partial charge in [-0.15, -0.1) is 11.3 Å². The van der Waals surface area contributed by atoms with Crippen LogP contribution in [-0.4, -0.2) is 36.2 Å². The SMILES string of the molecule is CC(C)(C)OC(=O)N1CC2(C1)NCCc1ccsc12. The molecule has 1 aromatic heterocycles. The summed E-state index contributed by atoms with van der Waals surface area (Å²) in [7, 11) is 0. The second kappa shape index (κ2) is 4.21. The molecule has 1 spiro atoms. The largest absolute Gasteiger partial charge is 0.444 e. The molecule has 3 heterocycles. The van der Waals surface area contributed by atoms with Crippen LogP contribution < -0.4 is 5.32 Å². The van der Waals surface area contributed by atoms with Crippen molar-refractivity contribution in [1.82, 2.24) is 10.2 Å². The van der Waals surface area contributed by atoms with Crippen LogP contribution in [0.15, 0.2) is 11.4 Å². The molecule has 1 amide bonds. The molecule has 104 valence electrons. The van der Waals surface area contributed by atoms with E-state index in [1.807, 2.05) is 20.8 Å². The number of rotatable bonds is 0. The van der Waals surface area contributed by atoms with Gasteiger partial charge in [0.05, 0.1) is 5.54 Å². The monoisotopic (exact) mass is 280 g/mol. The smallest absolute Gasteiger partial charge is 0.410 e. The molecule has 2 aliphatic rings. The number of nitrogens with one attached hydrogen (secondary N) is 1. The van der Waals surface area contributed by atoms with E-state index in [2.05, 4.69) is 16.8 Å². The molecule has 4 nitrogen and oxygen atoms in total. The van der Waals surface area contributed by atoms with Crippen LogP contribution >= 0.6 is 11.3 Å². The lowest BCUT2D eigenvalue weighted by Crippen LogP contribution is -2.69. The molecule has 3 rings (SSSR count). The number of thiophene rings is 1. The number of hydrogen-bond acceptors (Lipinski definition) is 4. The highest BCUT2D eigenvalue weighted by molar-refractivity contribution is 7.10. The summed E-state index contributed by atoms with van der Waals surface area (Å²) in [4.78, 5) is 15.2. The molecule has 0 saturated carbocycles. The standard InChI is InChI=1S/C14H20N2O2S/c1-13(2,3)18-12(17)16-8-14(9-16)11-10(4-6-15-14)5-7-19-11/h5,7,15H,4,6,8-9H2,1-3H3. The number of fused-ring (bicyclic) bond motifs is 2. The maximum absolute atomic E-state index is 12.0. The van der Waals surface area contributed by atoms with E-state index in [1.54, 1.807) is 16.2 Å². The fraction of sp³-hybridized carbons (Fsp3) is 0.643. The Kier molecular flexibility index (Phi) is 2.87. The zero-order chi connectivity index (χ0) is 13.7. The number of likely N-dealkylation sites (tertiary alicyclic amines) is 1. The van der Waals surface area contributed by atoms with Crippen LogP contribution in [0.3, 0.4) is 0 Å². The number of amides is 1. The van der Waals surface area contributed by atoms with Gasteiger partial charge in [0.25, 0.3) is 0 Å². The van der Waals surface area contributed by atoms with Crippen molar-refractivity contribution in [3.63, 3.8) is 0 Å². The predicted octanol–water partition coefficient (Wildman–Crippen LogP) is 2.34. The predicted molar refractivity (Wildman–Crippen MR) is 75.5 cm³/mol. The fourth-order valence-electron chi connectivity index (χ4n) is 2.79. The van der Waals surface area contributed by atoms with Crippen molar-refractivity contribution < 1.29 is 9.53 Å². The quantitative estimate of drug-likeness (QED) is 0.793. The van der Waals surface area contributed by atoms with E-state index < -0.39 is 5.60 Å². The van der Waals surface area contributed by atoms with Crippen LogP contribution in [0.25, 0.3) is 0 Å². The zero-order valence-corrected chi connectivity index (χ0v) is 12.5. The molecule has 0 unspecified atom stereocenters. The van der Waals surface area contributed by atoms with Crippen LogP contribution in [0.1, 0.15) is 31.2 Å². The highest BCUT2D eigenvalue weighted by Crippen LogP contribution is 2.40. The summed E-state index contributed by atoms with van der Waals surface area (Å²) in [6.45, 7) is 8.13. The van der Waals surface area contributed by atoms with Gasteiger partial charge in [0.1, 0.15) is 5.60 Å². The van der Waals surface area contributed by atoms with Gasteiger partial charge in [-0.25, -0.2) is 4.79 Å². The molecule has 0 radical (unpaired) electrons. The molecule has 0 aliphatic carbocycles. The van der Waals surface area contributed by atoms with Crippen LogP contribution in [0.4, 0.5) is 4.79 Å². The highest BCUT2D eigenvalue weighted by Gasteiger charge is 2.50. The van der Waals surface area contributed by atoms with E-state index in [0.29, 0.717) is 0 Å². The summed E-state index contributed by atoms with van der Waals surface area (Å²) in [5.41, 5.74) is 1.000. The number of hydrogen-bond donors (Lipinski definition) is 1. The number of carbonyl (C=O) groups is 1. The summed E-state index contributed by atoms with van der Waals surface area (Å²) in [6.07, 6.45) is 0.885. The van der Waals surface area contributed by atoms with Crippen LogP contribution in [0.5, 0.6) is 0 Å². The Morgan fingerprint density at radius 2 is 2.21 bits per heavy atom. The van der Waals surface area contributed by atoms with Crippen molar-refractivity contribution in [2.24, 2.45) is 0 Å². The molecule has 0 atom stereocenters. The maximum atomic E-state index is 12.0. The number of nitrogens with zero attached hydrogens (tertiary/aromatic N) is 1. The molecule has 0 aromatic carbocycles. The third-order valence-electron chi connectivity index (χ3n) is 3.61. The van der Waals surface area contributed by atoms with Crippen molar-refractivity contribution >= 4 is 17.4 Å². The summed E-state index contributed by atoms with van der Waals surface area (Å²) < 4.78 is 5.41. The fourth-order valence-corrected chi connectivity index (χ4v) is 3.90. The van der Waals surface area contributed by atoms with Gasteiger partial charge in [-0.05, 0) is 44.2 Å². The van der Waals surface area contributed by atoms with Crippen molar-refractivity contribution in [3.05, 3.63) is 21.9 Å². The molecule has 2 aliphatic heterocycles. The lowest BCUT2D eigenvalue weighted by Gasteiger charge is -2.52. The van der Waals surface area contributed by atoms with E-state index in [1.165, 1.54) is 10.4 Å². The van der Waals surface area contributed by atoms with Gasteiger partial charge in [0, 0.05) is 24.5 Å². The summed E-state index contributed by atoms with van der Waals surface area (Å²) >= 11 is 1.79. The van der Waals surface area contributed by atoms with Crippen LogP contribution in [0, 0.1) is 0 Å². The van der Waals surface area contributed by atoms with E-state index in [9.17, 15) is 4.79 Å². The minimum absolute atomic E-state index is 0.0152. The van der Waals surface area contributed by atoms with Crippen molar-refractivity contribution in [2.75, 3.05) is 19.6 Å². The van der Waals surface area contributed by atoms with Gasteiger partial charge in [-0.1, -0.05) is 0 Å². The first-order valence-electron chi connectivity index (χ1n) is 6.69. The highest BCUT2D eigenvalue weighted by atomic mass is 32.1. The van der Waals surface area contributed by atoms with Gasteiger partial charge in [-0.3, -0.25) is 0 Å². The average molecular weight is 280 g/mol. The lowest BCUT2D eigenvalue weighted by atomic mass is 9.83. The molecule has 0 bridgehead atoms. The lowest BCUT2D eigenvalue weighted by molar-refractivity contribution is -0.0184. The topological polar surface area (TPSA) is 41.6 Å². The summed E-state index contributed by atoms with van der Waals surface area (Å²) in [6, 6.07) is 2.21. The van der Waals surface area contributed by atoms with Gasteiger partial charge in [0.15, 0.2) is 0 Å². The molecule has 1 saturated heterocycles. The summed E-state index contributed by atoms with van der Waals surface area (Å²) in [5, 5.41) is 5.73. The minimum atomic E-state index is -0.423. The minimum Gasteiger partial charge on any atom is -0.444 e. The van der Waals surface area contributed by atoms with Crippen LogP contribution in [0.2, 0.25) is 0 Å². The zero-order valence-electron chi connectivity index (χ0n) is 11.7. The molecular formula is C14H20N2O2S. The average Bonchev–Trinajstić information content (AvgIpc) is 2.70. The normalized spacial score (nSPS) is 20.9. The Labute approximate surface area is 117 Å². The van der Waals surface area contributed by atoms with Crippen LogP contribution in [-0.2, 0) is 16.7 Å². The van der Waals surface area contributed by atoms with E-state index in [0.717, 1.165) is 26.1 Å². The second-order valence-electron chi connectivity index (χ2n) is 6.37. The van der Waals surface area contributed by atoms with Crippen molar-refractivity contribution in [2.45, 2.75) is 38.3 Å².